The average Bonchev–Trinajstić information content (AvgIpc) is 2.96. The Morgan fingerprint density at radius 2 is 1.20 bits per heavy atom. The van der Waals surface area contributed by atoms with E-state index in [1.165, 1.54) is 51.9 Å². The van der Waals surface area contributed by atoms with E-state index in [-0.39, 0.29) is 43.6 Å². The van der Waals surface area contributed by atoms with Crippen LogP contribution in [0.1, 0.15) is 110 Å². The van der Waals surface area contributed by atoms with Crippen LogP contribution in [0.4, 0.5) is 0 Å². The molecule has 0 bridgehead atoms. The van der Waals surface area contributed by atoms with Gasteiger partial charge in [-0.1, -0.05) is 70.6 Å². The molecule has 0 unspecified atom stereocenters. The van der Waals surface area contributed by atoms with Crippen molar-refractivity contribution in [3.8, 4) is 83.0 Å². The molecule has 7 heteroatoms. The number of amides is 1. The third kappa shape index (κ3) is 35.7. The van der Waals surface area contributed by atoms with Gasteiger partial charge in [-0.25, -0.2) is 0 Å². The van der Waals surface area contributed by atoms with Gasteiger partial charge in [0.1, 0.15) is 12.9 Å². The van der Waals surface area contributed by atoms with Crippen LogP contribution in [-0.4, -0.2) is 48.2 Å². The van der Waals surface area contributed by atoms with Crippen LogP contribution in [0, 0.1) is 83.0 Å². The third-order valence-corrected chi connectivity index (χ3v) is 4.74. The minimum Gasteiger partial charge on any atom is -0.457 e. The average molecular weight is 586 g/mol. The highest BCUT2D eigenvalue weighted by atomic mass is 16.6. The Kier molecular flexibility index (Phi) is 32.0. The monoisotopic (exact) mass is 585 g/mol. The van der Waals surface area contributed by atoms with Gasteiger partial charge in [0.25, 0.3) is 0 Å². The van der Waals surface area contributed by atoms with Crippen molar-refractivity contribution >= 4 is 11.9 Å². The van der Waals surface area contributed by atoms with Gasteiger partial charge >= 0.3 is 5.97 Å². The molecule has 0 aromatic carbocycles. The Morgan fingerprint density at radius 3 is 1.63 bits per heavy atom. The van der Waals surface area contributed by atoms with Crippen LogP contribution in [-0.2, 0) is 19.1 Å². The fraction of sp³-hybridized carbons (Fsp3) is 0.529. The van der Waals surface area contributed by atoms with E-state index in [1.54, 1.807) is 6.92 Å². The predicted octanol–water partition coefficient (Wildman–Crippen LogP) is 6.49. The molecule has 0 fully saturated rings. The number of aliphatic hydroxyl groups is 2. The van der Waals surface area contributed by atoms with E-state index < -0.39 is 12.9 Å². The Hall–Kier alpha value is -4.26. The molecule has 3 N–H and O–H groups in total. The molecule has 244 valence electrons. The van der Waals surface area contributed by atoms with Gasteiger partial charge in [-0.2, -0.15) is 0 Å². The SMILES string of the molecule is CC#CC#CC#CC#CC#CC#CC#CNC(C)=O.CCCCCCCCCCCCC(=O)O[C@H](CO)COCO.[HH].[HH].[HH].[HH].[HH].[HH].[HH].[HH].[HH].[HH].[HH].[HH].[HH]. The van der Waals surface area contributed by atoms with E-state index >= 15 is 0 Å². The lowest BCUT2D eigenvalue weighted by atomic mass is 10.1. The lowest BCUT2D eigenvalue weighted by molar-refractivity contribution is -0.157. The second kappa shape index (κ2) is 33.8. The van der Waals surface area contributed by atoms with E-state index in [0.717, 1.165) is 19.3 Å². The maximum absolute atomic E-state index is 11.6. The molecule has 0 spiro atoms. The lowest BCUT2D eigenvalue weighted by Gasteiger charge is -2.14. The standard InChI is InChI=1S/C17H7NO.C17H34O5.13H2/c1-3-4-5-6-7-8-9-10-11-12-13-14-15-16-18-17(2)19;1-2-3-4-5-6-7-8-9-10-11-12-17(20)22-16(13-18)14-21-15-19;;;;;;;;;;;;;/h1-2H3,(H,18,19);16,18-19H,2-15H2,1H3;13*1H/t;16-;;;;;;;;;;;;;/m.1............./s1. The van der Waals surface area contributed by atoms with Crippen LogP contribution < -0.4 is 5.32 Å². The summed E-state index contributed by atoms with van der Waals surface area (Å²) in [6.45, 7) is 4.58. The number of hydrogen-bond donors (Lipinski definition) is 3. The molecule has 0 radical (unpaired) electrons. The molecule has 7 nitrogen and oxygen atoms in total. The lowest BCUT2D eigenvalue weighted by Crippen LogP contribution is -2.27. The van der Waals surface area contributed by atoms with Gasteiger partial charge in [-0.05, 0) is 48.9 Å². The molecule has 1 amide bonds. The highest BCUT2D eigenvalue weighted by Crippen LogP contribution is 2.11. The number of nitrogens with one attached hydrogen (secondary N) is 1. The summed E-state index contributed by atoms with van der Waals surface area (Å²) >= 11 is 0. The van der Waals surface area contributed by atoms with E-state index in [0.29, 0.717) is 6.42 Å². The van der Waals surface area contributed by atoms with E-state index in [4.69, 9.17) is 19.7 Å². The van der Waals surface area contributed by atoms with Gasteiger partial charge in [0.2, 0.25) is 5.91 Å². The van der Waals surface area contributed by atoms with E-state index in [9.17, 15) is 9.59 Å². The third-order valence-electron chi connectivity index (χ3n) is 4.74. The van der Waals surface area contributed by atoms with Gasteiger partial charge < -0.3 is 19.7 Å². The molecule has 0 aliphatic carbocycles. The molecule has 0 aliphatic heterocycles. The Labute approximate surface area is 266 Å². The van der Waals surface area contributed by atoms with Crippen molar-refractivity contribution in [3.63, 3.8) is 0 Å². The van der Waals surface area contributed by atoms with Crippen LogP contribution in [0.3, 0.4) is 0 Å². The molecular weight excluding hydrogens is 518 g/mol. The maximum Gasteiger partial charge on any atom is 0.306 e. The van der Waals surface area contributed by atoms with Gasteiger partial charge in [0, 0.05) is 73.5 Å². The van der Waals surface area contributed by atoms with Gasteiger partial charge in [-0.15, -0.1) is 0 Å². The summed E-state index contributed by atoms with van der Waals surface area (Å²) in [7, 11) is 0. The highest BCUT2D eigenvalue weighted by molar-refractivity contribution is 5.75. The van der Waals surface area contributed by atoms with Crippen molar-refractivity contribution < 1.29 is 47.8 Å². The van der Waals surface area contributed by atoms with Crippen molar-refractivity contribution in [2.24, 2.45) is 0 Å². The molecule has 41 heavy (non-hydrogen) atoms. The smallest absolute Gasteiger partial charge is 0.306 e. The van der Waals surface area contributed by atoms with Crippen LogP contribution in [0.15, 0.2) is 0 Å². The van der Waals surface area contributed by atoms with Gasteiger partial charge in [0.05, 0.1) is 13.2 Å². The number of unbranched alkanes of at least 4 members (excludes halogenated alkanes) is 9. The number of rotatable bonds is 16. The second-order valence-corrected chi connectivity index (χ2v) is 8.28. The van der Waals surface area contributed by atoms with Crippen LogP contribution in [0.5, 0.6) is 0 Å². The minimum absolute atomic E-state index is 0. The quantitative estimate of drug-likeness (QED) is 0.0629. The normalized spacial score (nSPS) is 8.80. The summed E-state index contributed by atoms with van der Waals surface area (Å²) < 4.78 is 9.77. The highest BCUT2D eigenvalue weighted by Gasteiger charge is 2.13. The summed E-state index contributed by atoms with van der Waals surface area (Å²) in [5.74, 6) is 31.8. The fourth-order valence-corrected chi connectivity index (χ4v) is 2.84. The first-order valence-corrected chi connectivity index (χ1v) is 13.7. The number of aliphatic hydroxyl groups excluding tert-OH is 2. The first kappa shape index (κ1) is 38.9. The summed E-state index contributed by atoms with van der Waals surface area (Å²) in [4.78, 5) is 22.0. The first-order valence-electron chi connectivity index (χ1n) is 13.7. The number of hydrogen-bond acceptors (Lipinski definition) is 6. The summed E-state index contributed by atoms with van der Waals surface area (Å²) in [5.41, 5.74) is 0. The van der Waals surface area contributed by atoms with Crippen molar-refractivity contribution in [1.82, 2.24) is 5.32 Å². The Bertz CT molecular complexity index is 1210. The van der Waals surface area contributed by atoms with Crippen molar-refractivity contribution in [2.75, 3.05) is 20.0 Å². The molecule has 0 aliphatic rings. The second-order valence-electron chi connectivity index (χ2n) is 8.28. The fourth-order valence-electron chi connectivity index (χ4n) is 2.84. The molecule has 0 heterocycles. The van der Waals surface area contributed by atoms with Crippen LogP contribution in [0.2, 0.25) is 0 Å². The topological polar surface area (TPSA) is 105 Å². The Morgan fingerprint density at radius 1 is 0.732 bits per heavy atom. The molecule has 0 aromatic heterocycles. The van der Waals surface area contributed by atoms with Crippen molar-refractivity contribution in [1.29, 1.82) is 0 Å². The number of esters is 1. The Balaban J connectivity index is -0.0000000351. The molecule has 0 rings (SSSR count). The number of carbonyl (C=O) groups is 2. The van der Waals surface area contributed by atoms with Crippen molar-refractivity contribution in [3.05, 3.63) is 0 Å². The zero-order chi connectivity index (χ0) is 30.7. The zero-order valence-electron chi connectivity index (χ0n) is 24.5. The molecule has 0 saturated heterocycles. The molecule has 0 aromatic rings. The van der Waals surface area contributed by atoms with Crippen molar-refractivity contribution in [2.45, 2.75) is 97.5 Å². The van der Waals surface area contributed by atoms with Gasteiger partial charge in [-0.3, -0.25) is 14.9 Å². The number of ether oxygens (including phenoxy) is 2. The largest absolute Gasteiger partial charge is 0.457 e. The molecular formula is C34H67NO6. The summed E-state index contributed by atoms with van der Waals surface area (Å²) in [6.07, 6.45) is 11.9. The summed E-state index contributed by atoms with van der Waals surface area (Å²) in [5, 5.41) is 19.8. The van der Waals surface area contributed by atoms with Gasteiger partial charge in [0.15, 0.2) is 0 Å². The predicted molar refractivity (Wildman–Crippen MR) is 188 cm³/mol. The van der Waals surface area contributed by atoms with E-state index in [2.05, 4.69) is 95.3 Å². The van der Waals surface area contributed by atoms with Crippen LogP contribution >= 0.6 is 0 Å². The molecule has 1 atom stereocenters. The zero-order valence-corrected chi connectivity index (χ0v) is 24.5. The summed E-state index contributed by atoms with van der Waals surface area (Å²) in [6, 6.07) is 2.34. The maximum atomic E-state index is 11.6. The van der Waals surface area contributed by atoms with Crippen LogP contribution in [0.25, 0.3) is 0 Å². The van der Waals surface area contributed by atoms with E-state index in [1.807, 2.05) is 0 Å². The number of carbonyl (C=O) groups excluding carboxylic acids is 2. The molecule has 0 saturated carbocycles. The first-order chi connectivity index (χ1) is 20.0. The minimum atomic E-state index is -0.678.